The maximum atomic E-state index is 4.69. The van der Waals surface area contributed by atoms with Crippen LogP contribution < -0.4 is 5.32 Å². The molecule has 2 aliphatic rings. The molecular weight excluding hydrogens is 266 g/mol. The molecule has 0 aromatic rings. The first-order valence-corrected chi connectivity index (χ1v) is 8.77. The summed E-state index contributed by atoms with van der Waals surface area (Å²) < 4.78 is 0. The predicted molar refractivity (Wildman–Crippen MR) is 90.6 cm³/mol. The number of piperidine rings is 1. The molecule has 2 aliphatic heterocycles. The molecule has 0 aromatic heterocycles. The van der Waals surface area contributed by atoms with Gasteiger partial charge in [0.1, 0.15) is 0 Å². The molecule has 1 unspecified atom stereocenters. The van der Waals surface area contributed by atoms with Crippen molar-refractivity contribution in [1.82, 2.24) is 10.2 Å². The van der Waals surface area contributed by atoms with Crippen LogP contribution in [0.25, 0.3) is 0 Å². The van der Waals surface area contributed by atoms with Gasteiger partial charge in [0.15, 0.2) is 5.17 Å². The third kappa shape index (κ3) is 4.96. The number of nitrogens with one attached hydrogen (secondary N) is 1. The summed E-state index contributed by atoms with van der Waals surface area (Å²) in [6, 6.07) is 0. The summed E-state index contributed by atoms with van der Waals surface area (Å²) in [6.45, 7) is 13.9. The normalized spacial score (nSPS) is 27.4. The molecule has 0 aliphatic carbocycles. The molecule has 0 bridgehead atoms. The first kappa shape index (κ1) is 16.2. The van der Waals surface area contributed by atoms with Gasteiger partial charge in [0.05, 0.1) is 6.54 Å². The summed E-state index contributed by atoms with van der Waals surface area (Å²) in [5.41, 5.74) is 0.847. The number of hydrogen-bond donors (Lipinski definition) is 1. The summed E-state index contributed by atoms with van der Waals surface area (Å²) in [5, 5.41) is 5.47. The number of amidine groups is 1. The molecule has 1 atom stereocenters. The number of aliphatic imine (C=N–C) groups is 1. The Morgan fingerprint density at radius 2 is 2.00 bits per heavy atom. The van der Waals surface area contributed by atoms with Crippen LogP contribution in [0.5, 0.6) is 0 Å². The van der Waals surface area contributed by atoms with E-state index in [-0.39, 0.29) is 0 Å². The van der Waals surface area contributed by atoms with E-state index in [1.807, 2.05) is 11.8 Å². The van der Waals surface area contributed by atoms with Gasteiger partial charge in [0.2, 0.25) is 0 Å². The van der Waals surface area contributed by atoms with Gasteiger partial charge in [-0.15, -0.1) is 0 Å². The van der Waals surface area contributed by atoms with Crippen LogP contribution in [0, 0.1) is 10.8 Å². The Bertz CT molecular complexity index is 351. The van der Waals surface area contributed by atoms with E-state index in [0.29, 0.717) is 16.1 Å². The highest BCUT2D eigenvalue weighted by molar-refractivity contribution is 8.14. The lowest BCUT2D eigenvalue weighted by Crippen LogP contribution is -2.42. The minimum absolute atomic E-state index is 0.405. The summed E-state index contributed by atoms with van der Waals surface area (Å²) >= 11 is 1.95. The van der Waals surface area contributed by atoms with Gasteiger partial charge in [0, 0.05) is 11.8 Å². The first-order chi connectivity index (χ1) is 9.26. The zero-order chi connectivity index (χ0) is 14.8. The number of nitrogens with zero attached hydrogens (tertiary/aromatic N) is 2. The third-order valence-electron chi connectivity index (χ3n) is 4.42. The number of likely N-dealkylation sites (tertiary alicyclic amines) is 1. The topological polar surface area (TPSA) is 27.6 Å². The molecule has 1 fully saturated rings. The average Bonchev–Trinajstić information content (AvgIpc) is 2.76. The SMILES string of the molecule is CN1CCC(C)(CNC2=NCC(CC(C)(C)C)S2)CC1. The second kappa shape index (κ2) is 6.27. The third-order valence-corrected chi connectivity index (χ3v) is 5.56. The van der Waals surface area contributed by atoms with Gasteiger partial charge in [-0.1, -0.05) is 39.5 Å². The van der Waals surface area contributed by atoms with Crippen molar-refractivity contribution in [1.29, 1.82) is 0 Å². The van der Waals surface area contributed by atoms with Gasteiger partial charge in [0.25, 0.3) is 0 Å². The van der Waals surface area contributed by atoms with Gasteiger partial charge in [-0.25, -0.2) is 0 Å². The highest BCUT2D eigenvalue weighted by Crippen LogP contribution is 2.33. The second-order valence-corrected chi connectivity index (χ2v) is 9.41. The molecule has 1 N–H and O–H groups in total. The Balaban J connectivity index is 1.73. The standard InChI is InChI=1S/C16H31N3S/c1-15(2,3)10-13-11-17-14(20-13)18-12-16(4)6-8-19(5)9-7-16/h13H,6-12H2,1-5H3,(H,17,18). The van der Waals surface area contributed by atoms with Crippen LogP contribution in [0.4, 0.5) is 0 Å². The van der Waals surface area contributed by atoms with Crippen LogP contribution in [-0.2, 0) is 0 Å². The Morgan fingerprint density at radius 1 is 1.35 bits per heavy atom. The highest BCUT2D eigenvalue weighted by atomic mass is 32.2. The van der Waals surface area contributed by atoms with Crippen molar-refractivity contribution >= 4 is 16.9 Å². The van der Waals surface area contributed by atoms with Gasteiger partial charge in [-0.05, 0) is 50.2 Å². The summed E-state index contributed by atoms with van der Waals surface area (Å²) in [4.78, 5) is 7.12. The smallest absolute Gasteiger partial charge is 0.156 e. The van der Waals surface area contributed by atoms with Crippen LogP contribution in [0.2, 0.25) is 0 Å². The fourth-order valence-electron chi connectivity index (χ4n) is 2.93. The van der Waals surface area contributed by atoms with E-state index in [1.54, 1.807) is 0 Å². The van der Waals surface area contributed by atoms with Crippen molar-refractivity contribution < 1.29 is 0 Å². The van der Waals surface area contributed by atoms with E-state index < -0.39 is 0 Å². The van der Waals surface area contributed by atoms with Crippen LogP contribution in [0.15, 0.2) is 4.99 Å². The van der Waals surface area contributed by atoms with Crippen LogP contribution in [-0.4, -0.2) is 48.5 Å². The maximum Gasteiger partial charge on any atom is 0.156 e. The largest absolute Gasteiger partial charge is 0.364 e. The minimum Gasteiger partial charge on any atom is -0.364 e. The predicted octanol–water partition coefficient (Wildman–Crippen LogP) is 3.22. The summed E-state index contributed by atoms with van der Waals surface area (Å²) in [5.74, 6) is 0. The van der Waals surface area contributed by atoms with Gasteiger partial charge in [-0.2, -0.15) is 0 Å². The van der Waals surface area contributed by atoms with Crippen molar-refractivity contribution in [2.45, 2.75) is 52.2 Å². The molecule has 0 amide bonds. The molecule has 0 radical (unpaired) electrons. The quantitative estimate of drug-likeness (QED) is 0.867. The Labute approximate surface area is 129 Å². The molecule has 4 heteroatoms. The van der Waals surface area contributed by atoms with E-state index in [1.165, 1.54) is 37.5 Å². The fourth-order valence-corrected chi connectivity index (χ4v) is 4.28. The monoisotopic (exact) mass is 297 g/mol. The minimum atomic E-state index is 0.405. The van der Waals surface area contributed by atoms with Crippen molar-refractivity contribution in [3.63, 3.8) is 0 Å². The molecule has 0 spiro atoms. The van der Waals surface area contributed by atoms with Crippen molar-refractivity contribution in [3.8, 4) is 0 Å². The van der Waals surface area contributed by atoms with E-state index in [0.717, 1.165) is 13.1 Å². The first-order valence-electron chi connectivity index (χ1n) is 7.89. The fraction of sp³-hybridized carbons (Fsp3) is 0.938. The summed E-state index contributed by atoms with van der Waals surface area (Å²) in [6.07, 6.45) is 3.83. The van der Waals surface area contributed by atoms with E-state index in [9.17, 15) is 0 Å². The zero-order valence-electron chi connectivity index (χ0n) is 13.8. The van der Waals surface area contributed by atoms with Crippen LogP contribution >= 0.6 is 11.8 Å². The molecule has 20 heavy (non-hydrogen) atoms. The van der Waals surface area contributed by atoms with E-state index >= 15 is 0 Å². The lowest BCUT2D eigenvalue weighted by atomic mass is 9.80. The van der Waals surface area contributed by atoms with Crippen molar-refractivity contribution in [3.05, 3.63) is 0 Å². The Morgan fingerprint density at radius 3 is 2.60 bits per heavy atom. The highest BCUT2D eigenvalue weighted by Gasteiger charge is 2.30. The zero-order valence-corrected chi connectivity index (χ0v) is 14.6. The lowest BCUT2D eigenvalue weighted by Gasteiger charge is -2.38. The molecule has 0 saturated carbocycles. The molecule has 116 valence electrons. The van der Waals surface area contributed by atoms with Crippen molar-refractivity contribution in [2.24, 2.45) is 15.8 Å². The van der Waals surface area contributed by atoms with E-state index in [4.69, 9.17) is 0 Å². The number of rotatable bonds is 3. The second-order valence-electron chi connectivity index (χ2n) is 8.12. The van der Waals surface area contributed by atoms with Crippen LogP contribution in [0.3, 0.4) is 0 Å². The molecular formula is C16H31N3S. The number of hydrogen-bond acceptors (Lipinski definition) is 4. The average molecular weight is 298 g/mol. The van der Waals surface area contributed by atoms with Crippen molar-refractivity contribution in [2.75, 3.05) is 33.2 Å². The Hall–Kier alpha value is -0.220. The molecule has 0 aromatic carbocycles. The van der Waals surface area contributed by atoms with Gasteiger partial charge in [-0.3, -0.25) is 4.99 Å². The Kier molecular flexibility index (Phi) is 5.06. The maximum absolute atomic E-state index is 4.69. The van der Waals surface area contributed by atoms with Crippen LogP contribution in [0.1, 0.15) is 47.0 Å². The lowest BCUT2D eigenvalue weighted by molar-refractivity contribution is 0.142. The molecule has 2 heterocycles. The molecule has 3 nitrogen and oxygen atoms in total. The summed E-state index contributed by atoms with van der Waals surface area (Å²) in [7, 11) is 2.22. The molecule has 1 saturated heterocycles. The van der Waals surface area contributed by atoms with Gasteiger partial charge < -0.3 is 10.2 Å². The van der Waals surface area contributed by atoms with E-state index in [2.05, 4.69) is 50.0 Å². The van der Waals surface area contributed by atoms with Gasteiger partial charge >= 0.3 is 0 Å². The molecule has 2 rings (SSSR count). The number of thioether (sulfide) groups is 1.